The minimum Gasteiger partial charge on any atom is -0.481 e. The summed E-state index contributed by atoms with van der Waals surface area (Å²) in [6, 6.07) is 6.85. The molecule has 0 bridgehead atoms. The minimum absolute atomic E-state index is 0.108. The predicted molar refractivity (Wildman–Crippen MR) is 119 cm³/mol. The van der Waals surface area contributed by atoms with Crippen molar-refractivity contribution < 1.29 is 14.3 Å². The highest BCUT2D eigenvalue weighted by atomic mass is 35.5. The molecule has 1 fully saturated rings. The molecule has 1 aliphatic heterocycles. The van der Waals surface area contributed by atoms with E-state index in [9.17, 15) is 9.90 Å². The zero-order valence-electron chi connectivity index (χ0n) is 18.1. The number of aliphatic carboxylic acids is 1. The fourth-order valence-corrected chi connectivity index (χ4v) is 4.62. The Morgan fingerprint density at radius 1 is 1.29 bits per heavy atom. The third kappa shape index (κ3) is 3.65. The van der Waals surface area contributed by atoms with E-state index in [2.05, 4.69) is 23.9 Å². The van der Waals surface area contributed by atoms with Crippen molar-refractivity contribution in [1.29, 1.82) is 0 Å². The average Bonchev–Trinajstić information content (AvgIpc) is 3.03. The molecular formula is C23H26ClFN4O2. The third-order valence-electron chi connectivity index (χ3n) is 6.12. The van der Waals surface area contributed by atoms with Crippen molar-refractivity contribution in [2.24, 2.45) is 5.41 Å². The molecule has 3 heterocycles. The van der Waals surface area contributed by atoms with Crippen LogP contribution in [-0.4, -0.2) is 38.8 Å². The number of aromatic nitrogens is 3. The van der Waals surface area contributed by atoms with Crippen molar-refractivity contribution >= 4 is 29.0 Å². The topological polar surface area (TPSA) is 70.7 Å². The molecule has 31 heavy (non-hydrogen) atoms. The first kappa shape index (κ1) is 21.6. The molecule has 1 aromatic carbocycles. The molecule has 0 saturated carbocycles. The molecule has 0 aliphatic carbocycles. The van der Waals surface area contributed by atoms with Gasteiger partial charge in [-0.15, -0.1) is 0 Å². The molecule has 1 unspecified atom stereocenters. The standard InChI is InChI=1S/C23H26ClFN4O2/c1-13(2)17-14(3)26-20-18(25)19(15-6-8-16(24)9-7-15)27-29(20)21(17)28-11-5-10-23(4,12-28)22(30)31/h6-9,13H,5,10-12H2,1-4H3,(H,30,31). The Balaban J connectivity index is 1.96. The molecule has 4 rings (SSSR count). The van der Waals surface area contributed by atoms with E-state index in [4.69, 9.17) is 11.6 Å². The number of halogens is 2. The summed E-state index contributed by atoms with van der Waals surface area (Å²) in [5.41, 5.74) is 1.75. The summed E-state index contributed by atoms with van der Waals surface area (Å²) >= 11 is 5.99. The Bertz CT molecular complexity index is 1160. The van der Waals surface area contributed by atoms with E-state index >= 15 is 4.39 Å². The van der Waals surface area contributed by atoms with Crippen molar-refractivity contribution in [3.05, 3.63) is 46.4 Å². The van der Waals surface area contributed by atoms with Crippen molar-refractivity contribution in [2.45, 2.75) is 46.5 Å². The number of anilines is 1. The van der Waals surface area contributed by atoms with Crippen LogP contribution in [-0.2, 0) is 4.79 Å². The summed E-state index contributed by atoms with van der Waals surface area (Å²) in [6.07, 6.45) is 1.34. The highest BCUT2D eigenvalue weighted by molar-refractivity contribution is 6.30. The average molecular weight is 445 g/mol. The second-order valence-electron chi connectivity index (χ2n) is 8.89. The summed E-state index contributed by atoms with van der Waals surface area (Å²) < 4.78 is 17.0. The first-order valence-electron chi connectivity index (χ1n) is 10.5. The zero-order chi connectivity index (χ0) is 22.5. The summed E-state index contributed by atoms with van der Waals surface area (Å²) in [5.74, 6) is -0.487. The molecule has 8 heteroatoms. The Kier molecular flexibility index (Phi) is 5.41. The van der Waals surface area contributed by atoms with Crippen LogP contribution in [0.25, 0.3) is 16.9 Å². The number of rotatable bonds is 4. The highest BCUT2D eigenvalue weighted by Crippen LogP contribution is 2.38. The lowest BCUT2D eigenvalue weighted by Gasteiger charge is -2.40. The molecule has 3 aromatic rings. The molecule has 0 radical (unpaired) electrons. The molecule has 2 aromatic heterocycles. The molecule has 6 nitrogen and oxygen atoms in total. The van der Waals surface area contributed by atoms with Gasteiger partial charge >= 0.3 is 5.97 Å². The molecule has 1 N–H and O–H groups in total. The van der Waals surface area contributed by atoms with Gasteiger partial charge in [-0.25, -0.2) is 9.37 Å². The van der Waals surface area contributed by atoms with Crippen LogP contribution in [0.2, 0.25) is 5.02 Å². The smallest absolute Gasteiger partial charge is 0.311 e. The molecular weight excluding hydrogens is 419 g/mol. The maximum Gasteiger partial charge on any atom is 0.311 e. The number of piperidine rings is 1. The largest absolute Gasteiger partial charge is 0.481 e. The number of hydrogen-bond donors (Lipinski definition) is 1. The lowest BCUT2D eigenvalue weighted by atomic mass is 9.81. The number of hydrogen-bond acceptors (Lipinski definition) is 4. The van der Waals surface area contributed by atoms with Crippen LogP contribution >= 0.6 is 11.6 Å². The normalized spacial score (nSPS) is 19.4. The first-order valence-corrected chi connectivity index (χ1v) is 10.8. The van der Waals surface area contributed by atoms with Gasteiger partial charge in [-0.2, -0.15) is 9.61 Å². The van der Waals surface area contributed by atoms with Gasteiger partial charge in [0.25, 0.3) is 0 Å². The van der Waals surface area contributed by atoms with Gasteiger partial charge in [0.1, 0.15) is 11.5 Å². The number of fused-ring (bicyclic) bond motifs is 1. The van der Waals surface area contributed by atoms with Crippen LogP contribution in [0.3, 0.4) is 0 Å². The van der Waals surface area contributed by atoms with Crippen LogP contribution in [0.15, 0.2) is 24.3 Å². The number of nitrogens with zero attached hydrogens (tertiary/aromatic N) is 4. The van der Waals surface area contributed by atoms with Gasteiger partial charge in [-0.1, -0.05) is 37.6 Å². The lowest BCUT2D eigenvalue weighted by molar-refractivity contribution is -0.148. The second kappa shape index (κ2) is 7.79. The van der Waals surface area contributed by atoms with Crippen LogP contribution < -0.4 is 4.90 Å². The van der Waals surface area contributed by atoms with Crippen LogP contribution in [0.5, 0.6) is 0 Å². The SMILES string of the molecule is Cc1nc2c(F)c(-c3ccc(Cl)cc3)nn2c(N2CCCC(C)(C(=O)O)C2)c1C(C)C. The van der Waals surface area contributed by atoms with Gasteiger partial charge < -0.3 is 10.0 Å². The summed E-state index contributed by atoms with van der Waals surface area (Å²) in [6.45, 7) is 8.76. The molecule has 1 aliphatic rings. The maximum absolute atomic E-state index is 15.5. The Morgan fingerprint density at radius 3 is 2.58 bits per heavy atom. The first-order chi connectivity index (χ1) is 14.6. The van der Waals surface area contributed by atoms with E-state index in [1.165, 1.54) is 0 Å². The molecule has 1 atom stereocenters. The van der Waals surface area contributed by atoms with Gasteiger partial charge in [-0.3, -0.25) is 4.79 Å². The van der Waals surface area contributed by atoms with Crippen molar-refractivity contribution in [1.82, 2.24) is 14.6 Å². The lowest BCUT2D eigenvalue weighted by Crippen LogP contribution is -2.47. The van der Waals surface area contributed by atoms with Crippen molar-refractivity contribution in [3.63, 3.8) is 0 Å². The van der Waals surface area contributed by atoms with Gasteiger partial charge in [0.05, 0.1) is 5.41 Å². The van der Waals surface area contributed by atoms with E-state index < -0.39 is 17.2 Å². The summed E-state index contributed by atoms with van der Waals surface area (Å²) in [4.78, 5) is 18.5. The Hall–Kier alpha value is -2.67. The number of carboxylic acid groups (broad SMARTS) is 1. The van der Waals surface area contributed by atoms with E-state index in [0.29, 0.717) is 30.1 Å². The van der Waals surface area contributed by atoms with Crippen LogP contribution in [0.4, 0.5) is 10.2 Å². The third-order valence-corrected chi connectivity index (χ3v) is 6.37. The number of carbonyl (C=O) groups is 1. The molecule has 0 spiro atoms. The predicted octanol–water partition coefficient (Wildman–Crippen LogP) is 5.31. The maximum atomic E-state index is 15.5. The fraction of sp³-hybridized carbons (Fsp3) is 0.435. The van der Waals surface area contributed by atoms with E-state index in [-0.39, 0.29) is 17.3 Å². The van der Waals surface area contributed by atoms with Gasteiger partial charge in [0.15, 0.2) is 11.5 Å². The second-order valence-corrected chi connectivity index (χ2v) is 9.32. The van der Waals surface area contributed by atoms with Crippen molar-refractivity contribution in [2.75, 3.05) is 18.0 Å². The van der Waals surface area contributed by atoms with Crippen LogP contribution in [0, 0.1) is 18.2 Å². The van der Waals surface area contributed by atoms with Crippen molar-refractivity contribution in [3.8, 4) is 11.3 Å². The number of benzene rings is 1. The van der Waals surface area contributed by atoms with E-state index in [1.807, 2.05) is 11.8 Å². The molecule has 0 amide bonds. The summed E-state index contributed by atoms with van der Waals surface area (Å²) in [5, 5.41) is 15.0. The van der Waals surface area contributed by atoms with Crippen LogP contribution in [0.1, 0.15) is 50.8 Å². The molecule has 164 valence electrons. The quantitative estimate of drug-likeness (QED) is 0.590. The Labute approximate surface area is 185 Å². The monoisotopic (exact) mass is 444 g/mol. The molecule has 1 saturated heterocycles. The number of aryl methyl sites for hydroxylation is 1. The minimum atomic E-state index is -0.874. The van der Waals surface area contributed by atoms with Gasteiger partial charge in [0.2, 0.25) is 0 Å². The van der Waals surface area contributed by atoms with Gasteiger partial charge in [-0.05, 0) is 44.7 Å². The number of carboxylic acids is 1. The van der Waals surface area contributed by atoms with E-state index in [1.54, 1.807) is 35.7 Å². The Morgan fingerprint density at radius 2 is 1.97 bits per heavy atom. The summed E-state index contributed by atoms with van der Waals surface area (Å²) in [7, 11) is 0. The van der Waals surface area contributed by atoms with Gasteiger partial charge in [0, 0.05) is 34.9 Å². The highest BCUT2D eigenvalue weighted by Gasteiger charge is 2.40. The zero-order valence-corrected chi connectivity index (χ0v) is 18.9. The van der Waals surface area contributed by atoms with E-state index in [0.717, 1.165) is 23.5 Å². The fourth-order valence-electron chi connectivity index (χ4n) is 4.50.